The van der Waals surface area contributed by atoms with Crippen LogP contribution in [0.3, 0.4) is 0 Å². The standard InChI is InChI=1S/C26H26NSi.C16H26O2.Ir/c1-18-13-19(2)15-21(14-18)26-17-23(20-9-7-6-8-10-20)24-16-22(28(3,4)5)11-12-25(24)27-26;1-12(15(17)13-8-4-2-5-9-13)16(18)14-10-6-3-7-11-14;/h6-14,16-17H,1-5H3;13-14,17H,2-11H2,1H3;/q-1;;/b;15-12-;/i;1D3,13D,14D;. The van der Waals surface area contributed by atoms with Gasteiger partial charge in [0.1, 0.15) is 5.76 Å². The van der Waals surface area contributed by atoms with E-state index in [4.69, 9.17) is 11.8 Å². The molecule has 2 saturated carbocycles. The number of rotatable bonds is 6. The Balaban J connectivity index is 0.000000233. The quantitative estimate of drug-likeness (QED) is 0.0912. The molecule has 1 N–H and O–H groups in total. The van der Waals surface area contributed by atoms with Gasteiger partial charge in [-0.15, -0.1) is 34.9 Å². The number of carbonyl (C=O) groups is 1. The summed E-state index contributed by atoms with van der Waals surface area (Å²) in [6.45, 7) is 8.60. The molecule has 2 aliphatic rings. The van der Waals surface area contributed by atoms with Gasteiger partial charge >= 0.3 is 0 Å². The van der Waals surface area contributed by atoms with Gasteiger partial charge in [0.25, 0.3) is 0 Å². The molecule has 0 bridgehead atoms. The van der Waals surface area contributed by atoms with Crippen molar-refractivity contribution in [3.05, 3.63) is 95.3 Å². The van der Waals surface area contributed by atoms with E-state index in [0.29, 0.717) is 25.7 Å². The van der Waals surface area contributed by atoms with E-state index in [1.54, 1.807) is 0 Å². The molecule has 47 heavy (non-hydrogen) atoms. The Bertz CT molecular complexity index is 1890. The summed E-state index contributed by atoms with van der Waals surface area (Å²) in [5.41, 5.74) is 7.29. The van der Waals surface area contributed by atoms with E-state index in [-0.39, 0.29) is 20.1 Å². The van der Waals surface area contributed by atoms with Crippen molar-refractivity contribution in [1.29, 1.82) is 0 Å². The van der Waals surface area contributed by atoms with Crippen LogP contribution in [0.2, 0.25) is 19.6 Å². The number of allylic oxidation sites excluding steroid dienone is 2. The van der Waals surface area contributed by atoms with Gasteiger partial charge in [0.05, 0.1) is 13.6 Å². The zero-order valence-electron chi connectivity index (χ0n) is 33.6. The smallest absolute Gasteiger partial charge is 0.164 e. The van der Waals surface area contributed by atoms with E-state index in [1.165, 1.54) is 27.3 Å². The molecule has 0 amide bonds. The van der Waals surface area contributed by atoms with Crippen LogP contribution in [0.1, 0.15) is 89.0 Å². The second-order valence-corrected chi connectivity index (χ2v) is 19.1. The number of aromatic nitrogens is 1. The zero-order valence-corrected chi connectivity index (χ0v) is 32.0. The second-order valence-electron chi connectivity index (χ2n) is 14.0. The molecule has 2 fully saturated rings. The van der Waals surface area contributed by atoms with E-state index in [1.807, 2.05) is 0 Å². The molecular weight excluding hydrogens is 771 g/mol. The zero-order chi connectivity index (χ0) is 37.2. The van der Waals surface area contributed by atoms with E-state index >= 15 is 0 Å². The first kappa shape index (κ1) is 30.2. The van der Waals surface area contributed by atoms with E-state index < -0.39 is 43.8 Å². The Morgan fingerprint density at radius 3 is 2.11 bits per heavy atom. The third-order valence-corrected chi connectivity index (χ3v) is 11.3. The Morgan fingerprint density at radius 2 is 1.51 bits per heavy atom. The van der Waals surface area contributed by atoms with Crippen molar-refractivity contribution in [2.45, 2.75) is 105 Å². The van der Waals surface area contributed by atoms with Gasteiger partial charge in [0.2, 0.25) is 0 Å². The van der Waals surface area contributed by atoms with Gasteiger partial charge in [0, 0.05) is 49.7 Å². The molecule has 251 valence electrons. The van der Waals surface area contributed by atoms with Gasteiger partial charge in [-0.2, -0.15) is 0 Å². The molecule has 1 aromatic heterocycles. The number of Topliss-reactive ketones (excluding diaryl/α,β-unsaturated/α-hetero) is 1. The number of benzene rings is 3. The summed E-state index contributed by atoms with van der Waals surface area (Å²) in [4.78, 5) is 17.9. The molecule has 1 heterocycles. The second kappa shape index (κ2) is 16.5. The van der Waals surface area contributed by atoms with Crippen molar-refractivity contribution in [3.8, 4) is 22.4 Å². The molecule has 3 nitrogen and oxygen atoms in total. The van der Waals surface area contributed by atoms with Crippen molar-refractivity contribution in [1.82, 2.24) is 4.98 Å². The van der Waals surface area contributed by atoms with Crippen molar-refractivity contribution < 1.29 is 36.9 Å². The van der Waals surface area contributed by atoms with Crippen LogP contribution in [0.25, 0.3) is 33.3 Å². The van der Waals surface area contributed by atoms with Gasteiger partial charge in [-0.25, -0.2) is 0 Å². The number of ketones is 1. The molecule has 0 unspecified atom stereocenters. The summed E-state index contributed by atoms with van der Waals surface area (Å²) in [5, 5.41) is 13.3. The van der Waals surface area contributed by atoms with Crippen molar-refractivity contribution >= 4 is 29.9 Å². The number of aliphatic hydroxyl groups is 1. The number of aliphatic hydroxyl groups excluding tert-OH is 1. The monoisotopic (exact) mass is 828 g/mol. The van der Waals surface area contributed by atoms with Gasteiger partial charge in [-0.3, -0.25) is 9.78 Å². The number of fused-ring (bicyclic) bond motifs is 1. The maximum Gasteiger partial charge on any atom is 0.164 e. The minimum absolute atomic E-state index is 0. The summed E-state index contributed by atoms with van der Waals surface area (Å²) in [5.74, 6) is -4.28. The number of hydrogen-bond acceptors (Lipinski definition) is 3. The number of hydrogen-bond donors (Lipinski definition) is 1. The molecule has 0 atom stereocenters. The van der Waals surface area contributed by atoms with Gasteiger partial charge in [0.15, 0.2) is 5.78 Å². The first-order valence-corrected chi connectivity index (χ1v) is 20.4. The van der Waals surface area contributed by atoms with Crippen LogP contribution in [-0.2, 0) is 24.9 Å². The number of pyridine rings is 1. The van der Waals surface area contributed by atoms with Crippen molar-refractivity contribution in [3.63, 3.8) is 0 Å². The average Bonchev–Trinajstić information content (AvgIpc) is 3.07. The largest absolute Gasteiger partial charge is 0.512 e. The van der Waals surface area contributed by atoms with Crippen LogP contribution >= 0.6 is 0 Å². The number of aryl methyl sites for hydroxylation is 2. The third kappa shape index (κ3) is 9.40. The van der Waals surface area contributed by atoms with Crippen LogP contribution in [-0.4, -0.2) is 23.9 Å². The molecule has 0 saturated heterocycles. The molecular formula is C42H52IrNO2Si-. The normalized spacial score (nSPS) is 19.6. The Kier molecular flexibility index (Phi) is 10.6. The molecule has 4 aromatic rings. The molecule has 3 aromatic carbocycles. The predicted molar refractivity (Wildman–Crippen MR) is 197 cm³/mol. The van der Waals surface area contributed by atoms with E-state index in [2.05, 4.69) is 106 Å². The molecule has 0 spiro atoms. The third-order valence-electron chi connectivity index (χ3n) is 9.22. The Morgan fingerprint density at radius 1 is 0.872 bits per heavy atom. The van der Waals surface area contributed by atoms with Crippen LogP contribution in [0.5, 0.6) is 0 Å². The Labute approximate surface area is 304 Å². The van der Waals surface area contributed by atoms with Crippen molar-refractivity contribution in [2.75, 3.05) is 0 Å². The first-order chi connectivity index (χ1) is 23.9. The molecule has 6 rings (SSSR count). The molecule has 0 aliphatic heterocycles. The van der Waals surface area contributed by atoms with Crippen LogP contribution in [0, 0.1) is 31.7 Å². The van der Waals surface area contributed by atoms with Crippen LogP contribution < -0.4 is 5.19 Å². The fourth-order valence-electron chi connectivity index (χ4n) is 6.60. The average molecular weight is 828 g/mol. The summed E-state index contributed by atoms with van der Waals surface area (Å²) >= 11 is 0. The number of nitrogens with zero attached hydrogens (tertiary/aromatic N) is 1. The summed E-state index contributed by atoms with van der Waals surface area (Å²) in [6, 6.07) is 27.5. The SMILES string of the molecule is Cc1[c-]c(-c2cc(-c3ccccc3)c3cc([Si](C)(C)C)ccc3n2)cc(C)c1.[2H]C1(C(=O)/C(=C(\O)C2([2H])CCCCC2)C([2H])([2H])[2H])CCCCC1.[Ir]. The predicted octanol–water partition coefficient (Wildman–Crippen LogP) is 11.1. The Hall–Kier alpha value is -2.85. The topological polar surface area (TPSA) is 50.2 Å². The van der Waals surface area contributed by atoms with Gasteiger partial charge in [-0.1, -0.05) is 126 Å². The van der Waals surface area contributed by atoms with E-state index in [0.717, 1.165) is 60.9 Å². The summed E-state index contributed by atoms with van der Waals surface area (Å²) < 4.78 is 39.9. The maximum absolute atomic E-state index is 12.8. The fourth-order valence-corrected chi connectivity index (χ4v) is 7.76. The van der Waals surface area contributed by atoms with Crippen LogP contribution in [0.15, 0.2) is 78.1 Å². The van der Waals surface area contributed by atoms with Gasteiger partial charge in [-0.05, 0) is 55.4 Å². The summed E-state index contributed by atoms with van der Waals surface area (Å²) in [6.07, 6.45) is 6.17. The summed E-state index contributed by atoms with van der Waals surface area (Å²) in [7, 11) is -1.40. The number of carbonyl (C=O) groups excluding carboxylic acids is 1. The van der Waals surface area contributed by atoms with Crippen LogP contribution in [0.4, 0.5) is 0 Å². The fraction of sp³-hybridized carbons (Fsp3) is 0.429. The molecule has 5 heteroatoms. The van der Waals surface area contributed by atoms with Crippen molar-refractivity contribution in [2.24, 2.45) is 11.8 Å². The molecule has 2 aliphatic carbocycles. The first-order valence-electron chi connectivity index (χ1n) is 19.4. The maximum atomic E-state index is 12.8. The minimum Gasteiger partial charge on any atom is -0.512 e. The molecule has 1 radical (unpaired) electrons. The minimum atomic E-state index is -2.79. The van der Waals surface area contributed by atoms with Gasteiger partial charge < -0.3 is 5.11 Å². The van der Waals surface area contributed by atoms with E-state index in [9.17, 15) is 9.90 Å².